The Labute approximate surface area is 174 Å². The Morgan fingerprint density at radius 2 is 1.76 bits per heavy atom. The average molecular weight is 410 g/mol. The molecular weight excluding hydrogens is 388 g/mol. The molecule has 0 aromatic heterocycles. The zero-order valence-electron chi connectivity index (χ0n) is 16.6. The van der Waals surface area contributed by atoms with Crippen molar-refractivity contribution in [3.63, 3.8) is 0 Å². The van der Waals surface area contributed by atoms with E-state index in [0.29, 0.717) is 16.4 Å². The van der Waals surface area contributed by atoms with Gasteiger partial charge in [0.05, 0.1) is 30.0 Å². The number of thiocarbonyl (C=S) groups is 1. The second kappa shape index (κ2) is 8.05. The van der Waals surface area contributed by atoms with Crippen LogP contribution < -0.4 is 10.2 Å². The molecule has 0 aliphatic carbocycles. The second-order valence-corrected chi connectivity index (χ2v) is 7.31. The molecule has 29 heavy (non-hydrogen) atoms. The highest BCUT2D eigenvalue weighted by molar-refractivity contribution is 7.80. The number of anilines is 1. The number of esters is 1. The molecular formula is C22H22N2O4S. The number of nitrogens with zero attached hydrogens (tertiary/aromatic N) is 1. The maximum atomic E-state index is 12.7. The van der Waals surface area contributed by atoms with Crippen LogP contribution in [0.4, 0.5) is 5.69 Å². The van der Waals surface area contributed by atoms with Crippen molar-refractivity contribution in [2.24, 2.45) is 0 Å². The van der Waals surface area contributed by atoms with Crippen molar-refractivity contribution in [3.05, 3.63) is 76.0 Å². The summed E-state index contributed by atoms with van der Waals surface area (Å²) in [4.78, 5) is 25.7. The Balaban J connectivity index is 2.14. The minimum Gasteiger partial charge on any atom is -0.478 e. The van der Waals surface area contributed by atoms with Crippen molar-refractivity contribution in [1.29, 1.82) is 0 Å². The first-order chi connectivity index (χ1) is 13.7. The smallest absolute Gasteiger partial charge is 0.337 e. The number of nitrogens with one attached hydrogen (secondary N) is 1. The molecule has 3 rings (SSSR count). The third kappa shape index (κ3) is 3.86. The third-order valence-electron chi connectivity index (χ3n) is 4.99. The predicted molar refractivity (Wildman–Crippen MR) is 115 cm³/mol. The normalized spacial score (nSPS) is 16.5. The highest BCUT2D eigenvalue weighted by Gasteiger charge is 2.35. The number of carbonyl (C=O) groups is 2. The van der Waals surface area contributed by atoms with E-state index < -0.39 is 18.0 Å². The Kier molecular flexibility index (Phi) is 5.70. The summed E-state index contributed by atoms with van der Waals surface area (Å²) in [6.07, 6.45) is 0. The zero-order chi connectivity index (χ0) is 21.3. The van der Waals surface area contributed by atoms with Gasteiger partial charge in [0.2, 0.25) is 0 Å². The first-order valence-corrected chi connectivity index (χ1v) is 9.45. The minimum atomic E-state index is -1.01. The lowest BCUT2D eigenvalue weighted by Gasteiger charge is -2.38. The maximum Gasteiger partial charge on any atom is 0.337 e. The number of ether oxygens (including phenoxy) is 1. The summed E-state index contributed by atoms with van der Waals surface area (Å²) in [5.41, 5.74) is 4.97. The van der Waals surface area contributed by atoms with Gasteiger partial charge in [0.1, 0.15) is 0 Å². The van der Waals surface area contributed by atoms with E-state index in [4.69, 9.17) is 22.1 Å². The van der Waals surface area contributed by atoms with Gasteiger partial charge in [0, 0.05) is 5.70 Å². The van der Waals surface area contributed by atoms with Crippen LogP contribution in [0.2, 0.25) is 0 Å². The van der Waals surface area contributed by atoms with Crippen molar-refractivity contribution >= 4 is 35.0 Å². The van der Waals surface area contributed by atoms with Gasteiger partial charge in [-0.25, -0.2) is 9.59 Å². The van der Waals surface area contributed by atoms with Crippen LogP contribution in [-0.4, -0.2) is 29.3 Å². The highest BCUT2D eigenvalue weighted by Crippen LogP contribution is 2.35. The highest BCUT2D eigenvalue weighted by atomic mass is 32.1. The third-order valence-corrected chi connectivity index (χ3v) is 5.29. The number of carboxylic acid groups (broad SMARTS) is 1. The van der Waals surface area contributed by atoms with E-state index in [1.54, 1.807) is 12.1 Å². The summed E-state index contributed by atoms with van der Waals surface area (Å²) >= 11 is 5.64. The summed E-state index contributed by atoms with van der Waals surface area (Å²) in [6.45, 7) is 5.81. The van der Waals surface area contributed by atoms with Gasteiger partial charge in [-0.2, -0.15) is 0 Å². The summed E-state index contributed by atoms with van der Waals surface area (Å²) < 4.78 is 5.05. The van der Waals surface area contributed by atoms with Gasteiger partial charge in [0.15, 0.2) is 5.11 Å². The molecule has 1 aliphatic heterocycles. The van der Waals surface area contributed by atoms with Gasteiger partial charge >= 0.3 is 11.9 Å². The largest absolute Gasteiger partial charge is 0.478 e. The average Bonchev–Trinajstić information content (AvgIpc) is 2.69. The Hall–Kier alpha value is -3.19. The molecule has 150 valence electrons. The molecule has 0 bridgehead atoms. The van der Waals surface area contributed by atoms with Crippen LogP contribution in [0.25, 0.3) is 0 Å². The van der Waals surface area contributed by atoms with Crippen LogP contribution in [0.1, 0.15) is 40.0 Å². The number of allylic oxidation sites excluding steroid dienone is 1. The molecule has 2 aromatic carbocycles. The van der Waals surface area contributed by atoms with Gasteiger partial charge in [0.25, 0.3) is 0 Å². The lowest BCUT2D eigenvalue weighted by molar-refractivity contribution is -0.136. The van der Waals surface area contributed by atoms with E-state index >= 15 is 0 Å². The molecule has 7 heteroatoms. The molecule has 0 amide bonds. The number of benzene rings is 2. The number of carbonyl (C=O) groups excluding carboxylic acids is 1. The number of rotatable bonds is 4. The first kappa shape index (κ1) is 20.5. The summed E-state index contributed by atoms with van der Waals surface area (Å²) in [5.74, 6) is -1.48. The van der Waals surface area contributed by atoms with E-state index in [1.165, 1.54) is 19.2 Å². The molecule has 0 spiro atoms. The molecule has 1 aliphatic rings. The van der Waals surface area contributed by atoms with E-state index in [-0.39, 0.29) is 5.56 Å². The van der Waals surface area contributed by atoms with Crippen LogP contribution in [0.15, 0.2) is 53.7 Å². The molecule has 0 radical (unpaired) electrons. The lowest BCUT2D eigenvalue weighted by Crippen LogP contribution is -2.48. The van der Waals surface area contributed by atoms with Gasteiger partial charge in [-0.1, -0.05) is 24.3 Å². The van der Waals surface area contributed by atoms with Crippen LogP contribution in [0, 0.1) is 13.8 Å². The molecule has 6 nitrogen and oxygen atoms in total. The predicted octanol–water partition coefficient (Wildman–Crippen LogP) is 3.88. The maximum absolute atomic E-state index is 12.7. The fraction of sp³-hybridized carbons (Fsp3) is 0.227. The van der Waals surface area contributed by atoms with Crippen molar-refractivity contribution in [3.8, 4) is 0 Å². The van der Waals surface area contributed by atoms with Gasteiger partial charge in [-0.3, -0.25) is 4.90 Å². The number of aromatic carboxylic acids is 1. The molecule has 2 N–H and O–H groups in total. The minimum absolute atomic E-state index is 0.171. The van der Waals surface area contributed by atoms with Crippen LogP contribution >= 0.6 is 12.2 Å². The first-order valence-electron chi connectivity index (χ1n) is 9.04. The van der Waals surface area contributed by atoms with E-state index in [9.17, 15) is 9.59 Å². The van der Waals surface area contributed by atoms with Crippen molar-refractivity contribution in [2.75, 3.05) is 12.0 Å². The van der Waals surface area contributed by atoms with Crippen molar-refractivity contribution < 1.29 is 19.4 Å². The molecule has 1 heterocycles. The standard InChI is InChI=1S/C22H22N2O4S/c1-12-5-6-13(2)17(11-12)24-14(3)18(21(27)28-4)19(23-22(24)29)15-7-9-16(10-8-15)20(25)26/h5-11,19H,1-4H3,(H,23,29)(H,25,26)/t19-/m0/s1. The number of hydrogen-bond acceptors (Lipinski definition) is 4. The quantitative estimate of drug-likeness (QED) is 0.585. The Bertz CT molecular complexity index is 1030. The van der Waals surface area contributed by atoms with Crippen LogP contribution in [0.5, 0.6) is 0 Å². The van der Waals surface area contributed by atoms with E-state index in [0.717, 1.165) is 22.4 Å². The van der Waals surface area contributed by atoms with Gasteiger partial charge < -0.3 is 15.2 Å². The van der Waals surface area contributed by atoms with Crippen molar-refractivity contribution in [2.45, 2.75) is 26.8 Å². The van der Waals surface area contributed by atoms with E-state index in [2.05, 4.69) is 5.32 Å². The topological polar surface area (TPSA) is 78.9 Å². The molecule has 0 fully saturated rings. The molecule has 0 saturated heterocycles. The fourth-order valence-electron chi connectivity index (χ4n) is 3.44. The summed E-state index contributed by atoms with van der Waals surface area (Å²) in [5, 5.41) is 12.8. The SMILES string of the molecule is COC(=O)C1=C(C)N(c2cc(C)ccc2C)C(=S)N[C@H]1c1ccc(C(=O)O)cc1. The number of methoxy groups -OCH3 is 1. The molecule has 0 saturated carbocycles. The van der Waals surface area contributed by atoms with E-state index in [1.807, 2.05) is 43.9 Å². The van der Waals surface area contributed by atoms with Crippen LogP contribution in [-0.2, 0) is 9.53 Å². The number of hydrogen-bond donors (Lipinski definition) is 2. The number of aryl methyl sites for hydroxylation is 2. The van der Waals surface area contributed by atoms with Crippen LogP contribution in [0.3, 0.4) is 0 Å². The summed E-state index contributed by atoms with van der Waals surface area (Å²) in [6, 6.07) is 11.9. The molecule has 0 unspecified atom stereocenters. The zero-order valence-corrected chi connectivity index (χ0v) is 17.5. The number of carboxylic acids is 1. The fourth-order valence-corrected chi connectivity index (χ4v) is 3.79. The Morgan fingerprint density at radius 1 is 1.10 bits per heavy atom. The monoisotopic (exact) mass is 410 g/mol. The summed E-state index contributed by atoms with van der Waals surface area (Å²) in [7, 11) is 1.34. The molecule has 2 aromatic rings. The van der Waals surface area contributed by atoms with Gasteiger partial charge in [-0.15, -0.1) is 0 Å². The van der Waals surface area contributed by atoms with Gasteiger partial charge in [-0.05, 0) is 67.9 Å². The lowest BCUT2D eigenvalue weighted by atomic mass is 9.93. The van der Waals surface area contributed by atoms with Crippen molar-refractivity contribution in [1.82, 2.24) is 5.32 Å². The second-order valence-electron chi connectivity index (χ2n) is 6.93. The Morgan fingerprint density at radius 3 is 2.34 bits per heavy atom. The molecule has 1 atom stereocenters.